The van der Waals surface area contributed by atoms with E-state index in [0.717, 1.165) is 5.56 Å². The predicted molar refractivity (Wildman–Crippen MR) is 57.6 cm³/mol. The second-order valence-electron chi connectivity index (χ2n) is 3.36. The Morgan fingerprint density at radius 2 is 2.06 bits per heavy atom. The second-order valence-corrected chi connectivity index (χ2v) is 3.36. The van der Waals surface area contributed by atoms with Gasteiger partial charge in [0.2, 0.25) is 0 Å². The van der Waals surface area contributed by atoms with Gasteiger partial charge in [0.15, 0.2) is 0 Å². The minimum atomic E-state index is -0.976. The molecule has 0 bridgehead atoms. The van der Waals surface area contributed by atoms with Gasteiger partial charge in [-0.05, 0) is 29.4 Å². The number of hydrogen-bond acceptors (Lipinski definition) is 5. The lowest BCUT2D eigenvalue weighted by atomic mass is 10.1. The van der Waals surface area contributed by atoms with E-state index in [4.69, 9.17) is 9.84 Å². The van der Waals surface area contributed by atoms with Crippen LogP contribution >= 0.6 is 0 Å². The molecule has 2 aromatic rings. The normalized spacial score (nSPS) is 10.2. The molecular weight excluding hydrogens is 224 g/mol. The van der Waals surface area contributed by atoms with E-state index >= 15 is 0 Å². The molecule has 1 aromatic carbocycles. The molecule has 0 fully saturated rings. The van der Waals surface area contributed by atoms with Crippen molar-refractivity contribution in [3.8, 4) is 17.0 Å². The largest absolute Gasteiger partial charge is 0.497 e. The topological polar surface area (TPSA) is 85.5 Å². The van der Waals surface area contributed by atoms with E-state index in [1.807, 2.05) is 0 Å². The molecule has 0 aliphatic carbocycles. The molecule has 0 unspecified atom stereocenters. The molecule has 0 radical (unpaired) electrons. The fourth-order valence-electron chi connectivity index (χ4n) is 1.43. The van der Waals surface area contributed by atoms with Crippen LogP contribution in [-0.4, -0.2) is 28.5 Å². The van der Waals surface area contributed by atoms with E-state index in [2.05, 4.69) is 14.9 Å². The fraction of sp³-hybridized carbons (Fsp3) is 0.182. The van der Waals surface area contributed by atoms with Crippen LogP contribution in [0.2, 0.25) is 0 Å². The summed E-state index contributed by atoms with van der Waals surface area (Å²) >= 11 is 0. The minimum absolute atomic E-state index is 0.217. The zero-order valence-corrected chi connectivity index (χ0v) is 9.08. The number of rotatable bonds is 4. The lowest BCUT2D eigenvalue weighted by Crippen LogP contribution is -2.01. The Kier molecular flexibility index (Phi) is 3.04. The van der Waals surface area contributed by atoms with Crippen LogP contribution in [0.4, 0.5) is 0 Å². The molecule has 2 rings (SSSR count). The molecule has 0 aliphatic heterocycles. The van der Waals surface area contributed by atoms with Gasteiger partial charge in [0.05, 0.1) is 13.5 Å². The second kappa shape index (κ2) is 4.65. The van der Waals surface area contributed by atoms with Crippen molar-refractivity contribution >= 4 is 5.97 Å². The number of benzene rings is 1. The van der Waals surface area contributed by atoms with Crippen LogP contribution < -0.4 is 4.74 Å². The first-order valence-electron chi connectivity index (χ1n) is 4.88. The third-order valence-electron chi connectivity index (χ3n) is 2.24. The van der Waals surface area contributed by atoms with Crippen molar-refractivity contribution in [1.29, 1.82) is 0 Å². The standard InChI is InChI=1S/C11H10N2O4/c1-16-8-4-2-7(3-5-8)11-9(6-10(14)15)12-17-13-11/h2-5H,6H2,1H3,(H,14,15). The highest BCUT2D eigenvalue weighted by Crippen LogP contribution is 2.23. The molecular formula is C11H10N2O4. The average Bonchev–Trinajstić information content (AvgIpc) is 2.76. The van der Waals surface area contributed by atoms with Crippen molar-refractivity contribution in [2.24, 2.45) is 0 Å². The van der Waals surface area contributed by atoms with Gasteiger partial charge in [-0.1, -0.05) is 5.16 Å². The van der Waals surface area contributed by atoms with Gasteiger partial charge in [0, 0.05) is 5.56 Å². The number of carbonyl (C=O) groups is 1. The molecule has 0 aliphatic rings. The van der Waals surface area contributed by atoms with E-state index in [1.165, 1.54) is 0 Å². The van der Waals surface area contributed by atoms with Gasteiger partial charge in [0.1, 0.15) is 17.1 Å². The molecule has 0 saturated carbocycles. The van der Waals surface area contributed by atoms with Gasteiger partial charge in [0.25, 0.3) is 0 Å². The molecule has 0 saturated heterocycles. The summed E-state index contributed by atoms with van der Waals surface area (Å²) in [5.41, 5.74) is 1.49. The van der Waals surface area contributed by atoms with Gasteiger partial charge in [-0.3, -0.25) is 4.79 Å². The Balaban J connectivity index is 2.32. The van der Waals surface area contributed by atoms with Crippen molar-refractivity contribution in [2.75, 3.05) is 7.11 Å². The number of nitrogens with zero attached hydrogens (tertiary/aromatic N) is 2. The first-order valence-corrected chi connectivity index (χ1v) is 4.88. The number of methoxy groups -OCH3 is 1. The summed E-state index contributed by atoms with van der Waals surface area (Å²) in [5, 5.41) is 16.0. The highest BCUT2D eigenvalue weighted by molar-refractivity contribution is 5.73. The summed E-state index contributed by atoms with van der Waals surface area (Å²) in [4.78, 5) is 10.6. The van der Waals surface area contributed by atoms with Crippen LogP contribution in [0, 0.1) is 0 Å². The maximum absolute atomic E-state index is 10.6. The third kappa shape index (κ3) is 2.41. The van der Waals surface area contributed by atoms with Crippen LogP contribution in [-0.2, 0) is 11.2 Å². The number of carboxylic acids is 1. The monoisotopic (exact) mass is 234 g/mol. The van der Waals surface area contributed by atoms with Gasteiger partial charge < -0.3 is 9.84 Å². The summed E-state index contributed by atoms with van der Waals surface area (Å²) in [6.45, 7) is 0. The van der Waals surface area contributed by atoms with Gasteiger partial charge in [-0.25, -0.2) is 4.63 Å². The summed E-state index contributed by atoms with van der Waals surface area (Å²) in [7, 11) is 1.57. The quantitative estimate of drug-likeness (QED) is 0.859. The van der Waals surface area contributed by atoms with Crippen molar-refractivity contribution < 1.29 is 19.3 Å². The molecule has 0 spiro atoms. The smallest absolute Gasteiger partial charge is 0.309 e. The van der Waals surface area contributed by atoms with Crippen molar-refractivity contribution in [1.82, 2.24) is 10.3 Å². The van der Waals surface area contributed by atoms with Crippen LogP contribution in [0.3, 0.4) is 0 Å². The predicted octanol–water partition coefficient (Wildman–Crippen LogP) is 1.37. The van der Waals surface area contributed by atoms with Crippen molar-refractivity contribution in [2.45, 2.75) is 6.42 Å². The summed E-state index contributed by atoms with van der Waals surface area (Å²) < 4.78 is 9.59. The Hall–Kier alpha value is -2.37. The van der Waals surface area contributed by atoms with Gasteiger partial charge in [-0.2, -0.15) is 0 Å². The number of carboxylic acid groups (broad SMARTS) is 1. The lowest BCUT2D eigenvalue weighted by Gasteiger charge is -2.00. The number of aromatic nitrogens is 2. The molecule has 0 atom stereocenters. The molecule has 0 amide bonds. The Morgan fingerprint density at radius 1 is 1.35 bits per heavy atom. The fourth-order valence-corrected chi connectivity index (χ4v) is 1.43. The summed E-state index contributed by atoms with van der Waals surface area (Å²) in [5.74, 6) is -0.263. The van der Waals surface area contributed by atoms with Crippen molar-refractivity contribution in [3.63, 3.8) is 0 Å². The highest BCUT2D eigenvalue weighted by Gasteiger charge is 2.15. The first-order chi connectivity index (χ1) is 8.20. The highest BCUT2D eigenvalue weighted by atomic mass is 16.6. The number of aliphatic carboxylic acids is 1. The summed E-state index contributed by atoms with van der Waals surface area (Å²) in [6, 6.07) is 7.05. The third-order valence-corrected chi connectivity index (χ3v) is 2.24. The molecule has 1 N–H and O–H groups in total. The van der Waals surface area contributed by atoms with Crippen LogP contribution in [0.5, 0.6) is 5.75 Å². The molecule has 17 heavy (non-hydrogen) atoms. The molecule has 6 heteroatoms. The maximum atomic E-state index is 10.6. The zero-order chi connectivity index (χ0) is 12.3. The van der Waals surface area contributed by atoms with Crippen LogP contribution in [0.1, 0.15) is 5.69 Å². The SMILES string of the molecule is COc1ccc(-c2nonc2CC(=O)O)cc1. The first kappa shape index (κ1) is 11.1. The number of ether oxygens (including phenoxy) is 1. The summed E-state index contributed by atoms with van der Waals surface area (Å²) in [6.07, 6.45) is -0.217. The minimum Gasteiger partial charge on any atom is -0.497 e. The van der Waals surface area contributed by atoms with E-state index in [-0.39, 0.29) is 6.42 Å². The van der Waals surface area contributed by atoms with E-state index in [0.29, 0.717) is 17.1 Å². The number of hydrogen-bond donors (Lipinski definition) is 1. The Morgan fingerprint density at radius 3 is 2.65 bits per heavy atom. The van der Waals surface area contributed by atoms with Crippen LogP contribution in [0.15, 0.2) is 28.9 Å². The molecule has 6 nitrogen and oxygen atoms in total. The van der Waals surface area contributed by atoms with Crippen molar-refractivity contribution in [3.05, 3.63) is 30.0 Å². The Bertz CT molecular complexity index is 519. The van der Waals surface area contributed by atoms with E-state index in [9.17, 15) is 4.79 Å². The lowest BCUT2D eigenvalue weighted by molar-refractivity contribution is -0.136. The maximum Gasteiger partial charge on any atom is 0.309 e. The van der Waals surface area contributed by atoms with E-state index < -0.39 is 5.97 Å². The Labute approximate surface area is 96.8 Å². The molecule has 1 heterocycles. The zero-order valence-electron chi connectivity index (χ0n) is 9.08. The van der Waals surface area contributed by atoms with Crippen LogP contribution in [0.25, 0.3) is 11.3 Å². The van der Waals surface area contributed by atoms with Gasteiger partial charge >= 0.3 is 5.97 Å². The van der Waals surface area contributed by atoms with Gasteiger partial charge in [-0.15, -0.1) is 0 Å². The van der Waals surface area contributed by atoms with E-state index in [1.54, 1.807) is 31.4 Å². The molecule has 88 valence electrons. The average molecular weight is 234 g/mol. The molecule has 1 aromatic heterocycles.